The maximum Gasteiger partial charge on any atom is 0.328 e. The van der Waals surface area contributed by atoms with E-state index in [-0.39, 0.29) is 17.8 Å². The van der Waals surface area contributed by atoms with Gasteiger partial charge in [-0.1, -0.05) is 45.4 Å². The number of carbonyl (C=O) groups excluding carboxylic acids is 2. The van der Waals surface area contributed by atoms with E-state index in [1.807, 2.05) is 32.9 Å². The molecule has 1 unspecified atom stereocenters. The summed E-state index contributed by atoms with van der Waals surface area (Å²) in [5.41, 5.74) is 1.65. The number of hydrogen-bond donors (Lipinski definition) is 1. The second-order valence-corrected chi connectivity index (χ2v) is 7.23. The number of amides is 1. The normalized spacial score (nSPS) is 12.3. The third-order valence-corrected chi connectivity index (χ3v) is 3.78. The fourth-order valence-corrected chi connectivity index (χ4v) is 2.40. The summed E-state index contributed by atoms with van der Waals surface area (Å²) >= 11 is 0. The minimum absolute atomic E-state index is 0.236. The Morgan fingerprint density at radius 3 is 2.21 bits per heavy atom. The van der Waals surface area contributed by atoms with Crippen molar-refractivity contribution in [3.05, 3.63) is 35.4 Å². The van der Waals surface area contributed by atoms with Crippen molar-refractivity contribution in [2.45, 2.75) is 59.9 Å². The van der Waals surface area contributed by atoms with Gasteiger partial charge in [0.2, 0.25) is 0 Å². The van der Waals surface area contributed by atoms with Gasteiger partial charge in [-0.05, 0) is 50.2 Å². The molecular formula is C20H31NO3. The second kappa shape index (κ2) is 10.1. The highest BCUT2D eigenvalue weighted by Crippen LogP contribution is 2.10. The minimum Gasteiger partial charge on any atom is -0.464 e. The number of benzene rings is 1. The predicted molar refractivity (Wildman–Crippen MR) is 96.9 cm³/mol. The largest absolute Gasteiger partial charge is 0.464 e. The molecule has 1 aromatic carbocycles. The summed E-state index contributed by atoms with van der Waals surface area (Å²) in [7, 11) is 0. The van der Waals surface area contributed by atoms with E-state index in [1.54, 1.807) is 12.1 Å². The van der Waals surface area contributed by atoms with Crippen molar-refractivity contribution in [1.82, 2.24) is 5.32 Å². The summed E-state index contributed by atoms with van der Waals surface area (Å²) in [6.45, 7) is 10.7. The lowest BCUT2D eigenvalue weighted by molar-refractivity contribution is -0.146. The van der Waals surface area contributed by atoms with Crippen LogP contribution in [0, 0.1) is 18.8 Å². The molecule has 1 rings (SSSR count). The van der Waals surface area contributed by atoms with Gasteiger partial charge in [-0.2, -0.15) is 0 Å². The van der Waals surface area contributed by atoms with Crippen molar-refractivity contribution in [3.63, 3.8) is 0 Å². The average Bonchev–Trinajstić information content (AvgIpc) is 2.50. The van der Waals surface area contributed by atoms with E-state index < -0.39 is 6.04 Å². The van der Waals surface area contributed by atoms with Crippen LogP contribution in [0.5, 0.6) is 0 Å². The molecule has 0 aromatic heterocycles. The Labute approximate surface area is 146 Å². The summed E-state index contributed by atoms with van der Waals surface area (Å²) in [5.74, 6) is 0.306. The lowest BCUT2D eigenvalue weighted by Gasteiger charge is -2.19. The predicted octanol–water partition coefficient (Wildman–Crippen LogP) is 4.12. The first-order valence-electron chi connectivity index (χ1n) is 8.83. The maximum absolute atomic E-state index is 12.4. The van der Waals surface area contributed by atoms with E-state index in [0.29, 0.717) is 24.5 Å². The van der Waals surface area contributed by atoms with E-state index in [9.17, 15) is 9.59 Å². The summed E-state index contributed by atoms with van der Waals surface area (Å²) in [6, 6.07) is 6.71. The van der Waals surface area contributed by atoms with Crippen molar-refractivity contribution in [3.8, 4) is 0 Å². The maximum atomic E-state index is 12.4. The molecule has 0 heterocycles. The molecule has 0 fully saturated rings. The first-order chi connectivity index (χ1) is 11.3. The SMILES string of the molecule is Cc1ccc(C(=O)NC(CC(C)C)C(=O)OCCCC(C)C)cc1. The van der Waals surface area contributed by atoms with Crippen molar-refractivity contribution in [2.75, 3.05) is 6.61 Å². The number of ether oxygens (including phenoxy) is 1. The first-order valence-corrected chi connectivity index (χ1v) is 8.83. The fourth-order valence-electron chi connectivity index (χ4n) is 2.40. The van der Waals surface area contributed by atoms with Crippen LogP contribution in [0.1, 0.15) is 62.9 Å². The molecule has 134 valence electrons. The molecule has 4 nitrogen and oxygen atoms in total. The number of esters is 1. The van der Waals surface area contributed by atoms with Crippen LogP contribution < -0.4 is 5.32 Å². The number of carbonyl (C=O) groups is 2. The van der Waals surface area contributed by atoms with Gasteiger partial charge in [0.15, 0.2) is 0 Å². The zero-order valence-corrected chi connectivity index (χ0v) is 15.6. The Kier molecular flexibility index (Phi) is 8.51. The van der Waals surface area contributed by atoms with Crippen LogP contribution in [0.4, 0.5) is 0 Å². The Morgan fingerprint density at radius 1 is 1.04 bits per heavy atom. The third kappa shape index (κ3) is 7.62. The average molecular weight is 333 g/mol. The van der Waals surface area contributed by atoms with Gasteiger partial charge < -0.3 is 10.1 Å². The van der Waals surface area contributed by atoms with Crippen LogP contribution in [0.2, 0.25) is 0 Å². The van der Waals surface area contributed by atoms with Gasteiger partial charge in [0.25, 0.3) is 5.91 Å². The van der Waals surface area contributed by atoms with Crippen LogP contribution in [0.15, 0.2) is 24.3 Å². The van der Waals surface area contributed by atoms with E-state index in [4.69, 9.17) is 4.74 Å². The molecule has 0 bridgehead atoms. The van der Waals surface area contributed by atoms with Crippen LogP contribution in [0.3, 0.4) is 0 Å². The topological polar surface area (TPSA) is 55.4 Å². The molecule has 0 aliphatic rings. The molecule has 0 saturated heterocycles. The molecule has 1 amide bonds. The highest BCUT2D eigenvalue weighted by Gasteiger charge is 2.23. The Morgan fingerprint density at radius 2 is 1.67 bits per heavy atom. The number of hydrogen-bond acceptors (Lipinski definition) is 3. The van der Waals surface area contributed by atoms with Gasteiger partial charge >= 0.3 is 5.97 Å². The van der Waals surface area contributed by atoms with E-state index >= 15 is 0 Å². The van der Waals surface area contributed by atoms with Crippen LogP contribution >= 0.6 is 0 Å². The fraction of sp³-hybridized carbons (Fsp3) is 0.600. The van der Waals surface area contributed by atoms with E-state index in [0.717, 1.165) is 18.4 Å². The highest BCUT2D eigenvalue weighted by molar-refractivity contribution is 5.96. The van der Waals surface area contributed by atoms with Crippen LogP contribution in [-0.2, 0) is 9.53 Å². The van der Waals surface area contributed by atoms with Crippen molar-refractivity contribution in [2.24, 2.45) is 11.8 Å². The second-order valence-electron chi connectivity index (χ2n) is 7.23. The Hall–Kier alpha value is -1.84. The molecule has 0 saturated carbocycles. The zero-order chi connectivity index (χ0) is 18.1. The molecule has 1 aromatic rings. The zero-order valence-electron chi connectivity index (χ0n) is 15.6. The Bertz CT molecular complexity index is 520. The molecular weight excluding hydrogens is 302 g/mol. The van der Waals surface area contributed by atoms with E-state index in [1.165, 1.54) is 0 Å². The van der Waals surface area contributed by atoms with Crippen molar-refractivity contribution >= 4 is 11.9 Å². The van der Waals surface area contributed by atoms with Gasteiger partial charge in [-0.15, -0.1) is 0 Å². The molecule has 1 N–H and O–H groups in total. The first kappa shape index (κ1) is 20.2. The van der Waals surface area contributed by atoms with Gasteiger partial charge in [0.1, 0.15) is 6.04 Å². The summed E-state index contributed by atoms with van der Waals surface area (Å²) in [5, 5.41) is 2.82. The molecule has 1 atom stereocenters. The number of aryl methyl sites for hydroxylation is 1. The molecule has 24 heavy (non-hydrogen) atoms. The molecule has 0 spiro atoms. The third-order valence-electron chi connectivity index (χ3n) is 3.78. The van der Waals surface area contributed by atoms with Gasteiger partial charge in [0, 0.05) is 5.56 Å². The number of nitrogens with one attached hydrogen (secondary N) is 1. The van der Waals surface area contributed by atoms with Crippen molar-refractivity contribution in [1.29, 1.82) is 0 Å². The lowest BCUT2D eigenvalue weighted by Crippen LogP contribution is -2.42. The van der Waals surface area contributed by atoms with Crippen LogP contribution in [-0.4, -0.2) is 24.5 Å². The van der Waals surface area contributed by atoms with Gasteiger partial charge in [-0.3, -0.25) is 4.79 Å². The number of rotatable bonds is 9. The monoisotopic (exact) mass is 333 g/mol. The minimum atomic E-state index is -0.599. The van der Waals surface area contributed by atoms with Crippen molar-refractivity contribution < 1.29 is 14.3 Å². The summed E-state index contributed by atoms with van der Waals surface area (Å²) < 4.78 is 5.36. The highest BCUT2D eigenvalue weighted by atomic mass is 16.5. The summed E-state index contributed by atoms with van der Waals surface area (Å²) in [6.07, 6.45) is 2.45. The Balaban J connectivity index is 2.61. The van der Waals surface area contributed by atoms with Gasteiger partial charge in [0.05, 0.1) is 6.61 Å². The lowest BCUT2D eigenvalue weighted by atomic mass is 10.0. The molecule has 4 heteroatoms. The quantitative estimate of drug-likeness (QED) is 0.546. The smallest absolute Gasteiger partial charge is 0.328 e. The van der Waals surface area contributed by atoms with Crippen LogP contribution in [0.25, 0.3) is 0 Å². The molecule has 0 radical (unpaired) electrons. The summed E-state index contributed by atoms with van der Waals surface area (Å²) in [4.78, 5) is 24.7. The standard InChI is InChI=1S/C20H31NO3/c1-14(2)7-6-12-24-20(23)18(13-15(3)4)21-19(22)17-10-8-16(5)9-11-17/h8-11,14-15,18H,6-7,12-13H2,1-5H3,(H,21,22). The molecule has 0 aliphatic heterocycles. The van der Waals surface area contributed by atoms with Gasteiger partial charge in [-0.25, -0.2) is 4.79 Å². The molecule has 0 aliphatic carbocycles. The van der Waals surface area contributed by atoms with E-state index in [2.05, 4.69) is 19.2 Å².